The van der Waals surface area contributed by atoms with E-state index in [9.17, 15) is 0 Å². The summed E-state index contributed by atoms with van der Waals surface area (Å²) in [6, 6.07) is 8.40. The highest BCUT2D eigenvalue weighted by molar-refractivity contribution is 9.10. The van der Waals surface area contributed by atoms with Crippen LogP contribution >= 0.6 is 15.9 Å². The summed E-state index contributed by atoms with van der Waals surface area (Å²) >= 11 is 3.48. The number of halogens is 1. The van der Waals surface area contributed by atoms with Crippen LogP contribution in [0.1, 0.15) is 12.0 Å². The molecular weight excluding hydrogens is 266 g/mol. The van der Waals surface area contributed by atoms with E-state index in [1.165, 1.54) is 5.56 Å². The summed E-state index contributed by atoms with van der Waals surface area (Å²) in [6.45, 7) is 3.53. The van der Waals surface area contributed by atoms with Gasteiger partial charge in [-0.1, -0.05) is 15.9 Å². The van der Waals surface area contributed by atoms with Gasteiger partial charge in [0.1, 0.15) is 5.54 Å². The Kier molecular flexibility index (Phi) is 2.92. The molecule has 16 heavy (non-hydrogen) atoms. The van der Waals surface area contributed by atoms with Crippen LogP contribution in [0.15, 0.2) is 22.7 Å². The molecule has 1 aromatic rings. The van der Waals surface area contributed by atoms with E-state index < -0.39 is 5.54 Å². The van der Waals surface area contributed by atoms with Crippen LogP contribution in [-0.4, -0.2) is 18.6 Å². The van der Waals surface area contributed by atoms with Gasteiger partial charge in [-0.25, -0.2) is 0 Å². The van der Waals surface area contributed by atoms with Crippen LogP contribution in [-0.2, 0) is 0 Å². The number of nitrogens with two attached hydrogens (primary N) is 1. The third kappa shape index (κ3) is 2.06. The smallest absolute Gasteiger partial charge is 0.123 e. The number of hydrogen-bond acceptors (Lipinski definition) is 3. The Balaban J connectivity index is 2.22. The van der Waals surface area contributed by atoms with E-state index >= 15 is 0 Å². The van der Waals surface area contributed by atoms with Gasteiger partial charge in [-0.05, 0) is 37.1 Å². The normalized spacial score (nSPS) is 24.5. The lowest BCUT2D eigenvalue weighted by atomic mass is 10.0. The maximum absolute atomic E-state index is 8.98. The average molecular weight is 280 g/mol. The summed E-state index contributed by atoms with van der Waals surface area (Å²) in [5.74, 6) is 0. The molecule has 1 saturated heterocycles. The second-order valence-electron chi connectivity index (χ2n) is 4.37. The van der Waals surface area contributed by atoms with Crippen molar-refractivity contribution in [3.8, 4) is 6.07 Å². The van der Waals surface area contributed by atoms with E-state index in [0.29, 0.717) is 6.54 Å². The van der Waals surface area contributed by atoms with Crippen molar-refractivity contribution < 1.29 is 0 Å². The lowest BCUT2D eigenvalue weighted by Gasteiger charge is -2.20. The fourth-order valence-corrected chi connectivity index (χ4v) is 2.22. The molecule has 0 amide bonds. The van der Waals surface area contributed by atoms with Gasteiger partial charge in [0.05, 0.1) is 6.07 Å². The first-order valence-corrected chi connectivity index (χ1v) is 6.05. The predicted molar refractivity (Wildman–Crippen MR) is 68.2 cm³/mol. The quantitative estimate of drug-likeness (QED) is 0.858. The molecule has 0 spiro atoms. The first-order chi connectivity index (χ1) is 7.54. The summed E-state index contributed by atoms with van der Waals surface area (Å²) in [7, 11) is 0. The Bertz CT molecular complexity index is 452. The minimum Gasteiger partial charge on any atom is -0.368 e. The molecule has 84 valence electrons. The average Bonchev–Trinajstić information content (AvgIpc) is 2.66. The van der Waals surface area contributed by atoms with E-state index in [0.717, 1.165) is 23.1 Å². The predicted octanol–water partition coefficient (Wildman–Crippen LogP) is 2.19. The first kappa shape index (κ1) is 11.4. The number of nitrogens with zero attached hydrogens (tertiary/aromatic N) is 2. The number of benzene rings is 1. The Morgan fingerprint density at radius 1 is 1.56 bits per heavy atom. The lowest BCUT2D eigenvalue weighted by molar-refractivity contribution is 0.606. The topological polar surface area (TPSA) is 53.0 Å². The largest absolute Gasteiger partial charge is 0.368 e. The molecule has 0 aliphatic carbocycles. The van der Waals surface area contributed by atoms with Crippen molar-refractivity contribution in [3.63, 3.8) is 0 Å². The molecule has 2 N–H and O–H groups in total. The van der Waals surface area contributed by atoms with Gasteiger partial charge in [-0.15, -0.1) is 0 Å². The fourth-order valence-electron chi connectivity index (χ4n) is 1.97. The van der Waals surface area contributed by atoms with Crippen LogP contribution in [0.2, 0.25) is 0 Å². The summed E-state index contributed by atoms with van der Waals surface area (Å²) in [5.41, 5.74) is 7.60. The molecule has 1 heterocycles. The minimum absolute atomic E-state index is 0.616. The second kappa shape index (κ2) is 4.08. The van der Waals surface area contributed by atoms with Crippen molar-refractivity contribution >= 4 is 21.6 Å². The van der Waals surface area contributed by atoms with Gasteiger partial charge >= 0.3 is 0 Å². The summed E-state index contributed by atoms with van der Waals surface area (Å²) in [5, 5.41) is 8.98. The zero-order valence-corrected chi connectivity index (χ0v) is 10.8. The van der Waals surface area contributed by atoms with Gasteiger partial charge < -0.3 is 10.6 Å². The highest BCUT2D eigenvalue weighted by Crippen LogP contribution is 2.28. The number of nitriles is 1. The molecule has 1 aliphatic heterocycles. The number of aryl methyl sites for hydroxylation is 1. The molecule has 0 aromatic heterocycles. The van der Waals surface area contributed by atoms with Gasteiger partial charge in [0, 0.05) is 23.2 Å². The Morgan fingerprint density at radius 3 is 2.88 bits per heavy atom. The highest BCUT2D eigenvalue weighted by Gasteiger charge is 2.34. The van der Waals surface area contributed by atoms with E-state index in [1.807, 2.05) is 6.07 Å². The molecule has 0 radical (unpaired) electrons. The lowest BCUT2D eigenvalue weighted by Crippen LogP contribution is -2.41. The maximum Gasteiger partial charge on any atom is 0.123 e. The molecule has 1 fully saturated rings. The standard InChI is InChI=1S/C12H14BrN3/c1-9-6-10(2-3-11(9)13)16-5-4-12(15,7-14)8-16/h2-3,6H,4-5,8,15H2,1H3. The number of rotatable bonds is 1. The van der Waals surface area contributed by atoms with Crippen molar-refractivity contribution in [2.24, 2.45) is 5.73 Å². The van der Waals surface area contributed by atoms with Crippen LogP contribution in [0.3, 0.4) is 0 Å². The van der Waals surface area contributed by atoms with Gasteiger partial charge in [-0.2, -0.15) is 5.26 Å². The Labute approximate surface area is 104 Å². The number of anilines is 1. The van der Waals surface area contributed by atoms with Crippen LogP contribution < -0.4 is 10.6 Å². The fraction of sp³-hybridized carbons (Fsp3) is 0.417. The van der Waals surface area contributed by atoms with Crippen molar-refractivity contribution in [1.29, 1.82) is 5.26 Å². The summed E-state index contributed by atoms with van der Waals surface area (Å²) in [4.78, 5) is 2.17. The van der Waals surface area contributed by atoms with Gasteiger partial charge in [0.15, 0.2) is 0 Å². The second-order valence-corrected chi connectivity index (χ2v) is 5.23. The third-order valence-electron chi connectivity index (χ3n) is 3.03. The SMILES string of the molecule is Cc1cc(N2CCC(N)(C#N)C2)ccc1Br. The molecule has 4 heteroatoms. The van der Waals surface area contributed by atoms with Crippen LogP contribution in [0.25, 0.3) is 0 Å². The summed E-state index contributed by atoms with van der Waals surface area (Å²) < 4.78 is 1.11. The summed E-state index contributed by atoms with van der Waals surface area (Å²) in [6.07, 6.45) is 0.735. The molecular formula is C12H14BrN3. The van der Waals surface area contributed by atoms with E-state index in [2.05, 4.69) is 46.0 Å². The molecule has 1 aliphatic rings. The molecule has 1 aromatic carbocycles. The zero-order valence-electron chi connectivity index (χ0n) is 9.20. The Hall–Kier alpha value is -1.05. The molecule has 1 unspecified atom stereocenters. The Morgan fingerprint density at radius 2 is 2.31 bits per heavy atom. The zero-order chi connectivity index (χ0) is 11.8. The van der Waals surface area contributed by atoms with E-state index in [4.69, 9.17) is 11.0 Å². The minimum atomic E-state index is -0.680. The van der Waals surface area contributed by atoms with Crippen molar-refractivity contribution in [2.45, 2.75) is 18.9 Å². The van der Waals surface area contributed by atoms with Gasteiger partial charge in [-0.3, -0.25) is 0 Å². The first-order valence-electron chi connectivity index (χ1n) is 5.25. The maximum atomic E-state index is 8.98. The number of hydrogen-bond donors (Lipinski definition) is 1. The monoisotopic (exact) mass is 279 g/mol. The third-order valence-corrected chi connectivity index (χ3v) is 3.92. The van der Waals surface area contributed by atoms with Crippen molar-refractivity contribution in [3.05, 3.63) is 28.2 Å². The van der Waals surface area contributed by atoms with E-state index in [1.54, 1.807) is 0 Å². The molecule has 1 atom stereocenters. The van der Waals surface area contributed by atoms with Gasteiger partial charge in [0.25, 0.3) is 0 Å². The van der Waals surface area contributed by atoms with Crippen LogP contribution in [0.5, 0.6) is 0 Å². The highest BCUT2D eigenvalue weighted by atomic mass is 79.9. The molecule has 2 rings (SSSR count). The van der Waals surface area contributed by atoms with Crippen LogP contribution in [0.4, 0.5) is 5.69 Å². The van der Waals surface area contributed by atoms with Crippen molar-refractivity contribution in [1.82, 2.24) is 0 Å². The van der Waals surface area contributed by atoms with Gasteiger partial charge in [0.2, 0.25) is 0 Å². The van der Waals surface area contributed by atoms with Crippen molar-refractivity contribution in [2.75, 3.05) is 18.0 Å². The molecule has 0 saturated carbocycles. The molecule has 0 bridgehead atoms. The molecule has 3 nitrogen and oxygen atoms in total. The van der Waals surface area contributed by atoms with Crippen LogP contribution in [0, 0.1) is 18.3 Å². The van der Waals surface area contributed by atoms with E-state index in [-0.39, 0.29) is 0 Å².